The lowest BCUT2D eigenvalue weighted by Gasteiger charge is -2.35. The van der Waals surface area contributed by atoms with Gasteiger partial charge in [0.15, 0.2) is 0 Å². The topological polar surface area (TPSA) is 51.3 Å². The van der Waals surface area contributed by atoms with Gasteiger partial charge in [-0.05, 0) is 44.2 Å². The summed E-state index contributed by atoms with van der Waals surface area (Å²) in [6.07, 6.45) is 0. The highest BCUT2D eigenvalue weighted by molar-refractivity contribution is 5.95. The summed E-state index contributed by atoms with van der Waals surface area (Å²) in [5.74, 6) is -0.852. The van der Waals surface area contributed by atoms with E-state index in [0.29, 0.717) is 12.2 Å². The van der Waals surface area contributed by atoms with Gasteiger partial charge >= 0.3 is 0 Å². The lowest BCUT2D eigenvalue weighted by molar-refractivity contribution is 0.0638. The summed E-state index contributed by atoms with van der Waals surface area (Å²) in [6, 6.07) is 8.20. The van der Waals surface area contributed by atoms with E-state index in [2.05, 4.69) is 4.57 Å². The largest absolute Gasteiger partial charge is 0.399 e. The molecule has 21 heavy (non-hydrogen) atoms. The molecule has 0 fully saturated rings. The third kappa shape index (κ3) is 2.18. The van der Waals surface area contributed by atoms with Gasteiger partial charge in [0.05, 0.1) is 11.6 Å². The van der Waals surface area contributed by atoms with E-state index in [-0.39, 0.29) is 17.5 Å². The number of nitrogens with two attached hydrogens (primary N) is 1. The Labute approximate surface area is 123 Å². The van der Waals surface area contributed by atoms with Crippen molar-refractivity contribution in [1.29, 1.82) is 0 Å². The van der Waals surface area contributed by atoms with Crippen LogP contribution in [0.3, 0.4) is 0 Å². The molecule has 110 valence electrons. The number of aromatic nitrogens is 1. The number of fused-ring (bicyclic) bond motifs is 1. The molecule has 1 aromatic heterocycles. The van der Waals surface area contributed by atoms with Crippen LogP contribution >= 0.6 is 0 Å². The molecule has 1 aliphatic rings. The molecule has 0 radical (unpaired) electrons. The number of carbonyl (C=O) groups is 1. The molecule has 1 atom stereocenters. The van der Waals surface area contributed by atoms with Gasteiger partial charge in [0.1, 0.15) is 5.82 Å². The molecule has 0 spiro atoms. The molecular weight excluding hydrogens is 269 g/mol. The van der Waals surface area contributed by atoms with Gasteiger partial charge in [-0.25, -0.2) is 4.39 Å². The minimum absolute atomic E-state index is 0.0723. The fourth-order valence-electron chi connectivity index (χ4n) is 2.96. The molecule has 2 N–H and O–H groups in total. The molecule has 5 heteroatoms. The predicted octanol–water partition coefficient (Wildman–Crippen LogP) is 2.73. The van der Waals surface area contributed by atoms with Gasteiger partial charge in [-0.1, -0.05) is 0 Å². The van der Waals surface area contributed by atoms with Crippen molar-refractivity contribution >= 4 is 11.6 Å². The fourth-order valence-corrected chi connectivity index (χ4v) is 2.96. The number of carbonyl (C=O) groups excluding carboxylic acids is 1. The maximum atomic E-state index is 14.0. The van der Waals surface area contributed by atoms with Crippen molar-refractivity contribution in [2.75, 3.05) is 12.3 Å². The molecule has 1 amide bonds. The van der Waals surface area contributed by atoms with Crippen molar-refractivity contribution in [3.8, 4) is 0 Å². The van der Waals surface area contributed by atoms with Crippen molar-refractivity contribution in [3.05, 3.63) is 53.1 Å². The molecular formula is C16H18FN3O. The van der Waals surface area contributed by atoms with Crippen LogP contribution in [-0.4, -0.2) is 21.9 Å². The molecule has 2 heterocycles. The molecule has 3 rings (SSSR count). The van der Waals surface area contributed by atoms with Gasteiger partial charge in [-0.3, -0.25) is 4.79 Å². The highest BCUT2D eigenvalue weighted by Gasteiger charge is 2.30. The molecule has 4 nitrogen and oxygen atoms in total. The molecule has 2 aromatic rings. The first kappa shape index (κ1) is 13.7. The Morgan fingerprint density at radius 3 is 2.76 bits per heavy atom. The van der Waals surface area contributed by atoms with Gasteiger partial charge in [-0.2, -0.15) is 0 Å². The van der Waals surface area contributed by atoms with Crippen LogP contribution in [0.15, 0.2) is 30.3 Å². The maximum absolute atomic E-state index is 14.0. The smallest absolute Gasteiger partial charge is 0.257 e. The van der Waals surface area contributed by atoms with Crippen LogP contribution < -0.4 is 5.73 Å². The Hall–Kier alpha value is -2.30. The molecule has 1 unspecified atom stereocenters. The predicted molar refractivity (Wildman–Crippen MR) is 79.4 cm³/mol. The standard InChI is InChI=1S/C16H18FN3O/c1-10-3-6-15-11(2)20(8-7-19(10)15)16(21)13-5-4-12(18)9-14(13)17/h3-6,9,11H,7-8,18H2,1-2H3. The summed E-state index contributed by atoms with van der Waals surface area (Å²) >= 11 is 0. The first-order valence-electron chi connectivity index (χ1n) is 7.01. The molecule has 0 saturated heterocycles. The molecule has 1 aromatic carbocycles. The van der Waals surface area contributed by atoms with Crippen molar-refractivity contribution in [3.63, 3.8) is 0 Å². The van der Waals surface area contributed by atoms with Crippen LogP contribution in [0.25, 0.3) is 0 Å². The number of benzene rings is 1. The van der Waals surface area contributed by atoms with E-state index in [1.165, 1.54) is 17.8 Å². The van der Waals surface area contributed by atoms with Crippen LogP contribution in [0.4, 0.5) is 10.1 Å². The van der Waals surface area contributed by atoms with Gasteiger partial charge in [-0.15, -0.1) is 0 Å². The highest BCUT2D eigenvalue weighted by atomic mass is 19.1. The number of halogens is 1. The van der Waals surface area contributed by atoms with E-state index in [9.17, 15) is 9.18 Å². The molecule has 1 aliphatic heterocycles. The summed E-state index contributed by atoms with van der Waals surface area (Å²) < 4.78 is 16.2. The second-order valence-corrected chi connectivity index (χ2v) is 5.47. The molecule has 0 bridgehead atoms. The lowest BCUT2D eigenvalue weighted by atomic mass is 10.1. The average molecular weight is 287 g/mol. The number of nitrogens with zero attached hydrogens (tertiary/aromatic N) is 2. The fraction of sp³-hybridized carbons (Fsp3) is 0.312. The molecule has 0 aliphatic carbocycles. The van der Waals surface area contributed by atoms with Crippen molar-refractivity contribution in [2.45, 2.75) is 26.4 Å². The third-order valence-corrected chi connectivity index (χ3v) is 4.18. The number of anilines is 1. The van der Waals surface area contributed by atoms with Crippen LogP contribution in [0.5, 0.6) is 0 Å². The number of nitrogen functional groups attached to an aromatic ring is 1. The summed E-state index contributed by atoms with van der Waals surface area (Å²) in [7, 11) is 0. The summed E-state index contributed by atoms with van der Waals surface area (Å²) in [6.45, 7) is 5.33. The monoisotopic (exact) mass is 287 g/mol. The second kappa shape index (κ2) is 4.91. The lowest BCUT2D eigenvalue weighted by Crippen LogP contribution is -2.41. The maximum Gasteiger partial charge on any atom is 0.257 e. The summed E-state index contributed by atoms with van der Waals surface area (Å²) in [5.41, 5.74) is 8.20. The Morgan fingerprint density at radius 1 is 1.29 bits per heavy atom. The number of amides is 1. The van der Waals surface area contributed by atoms with E-state index in [4.69, 9.17) is 5.73 Å². The van der Waals surface area contributed by atoms with Crippen LogP contribution in [0.2, 0.25) is 0 Å². The van der Waals surface area contributed by atoms with Crippen LogP contribution in [-0.2, 0) is 6.54 Å². The Kier molecular flexibility index (Phi) is 3.20. The van der Waals surface area contributed by atoms with Gasteiger partial charge < -0.3 is 15.2 Å². The minimum atomic E-state index is -0.565. The SMILES string of the molecule is Cc1ccc2n1CCN(C(=O)c1ccc(N)cc1F)C2C. The second-order valence-electron chi connectivity index (χ2n) is 5.47. The van der Waals surface area contributed by atoms with E-state index >= 15 is 0 Å². The van der Waals surface area contributed by atoms with Crippen LogP contribution in [0, 0.1) is 12.7 Å². The summed E-state index contributed by atoms with van der Waals surface area (Å²) in [4.78, 5) is 14.3. The Bertz CT molecular complexity index is 708. The van der Waals surface area contributed by atoms with Crippen molar-refractivity contribution in [2.24, 2.45) is 0 Å². The van der Waals surface area contributed by atoms with E-state index in [1.54, 1.807) is 11.0 Å². The number of rotatable bonds is 1. The zero-order valence-electron chi connectivity index (χ0n) is 12.1. The van der Waals surface area contributed by atoms with E-state index in [1.807, 2.05) is 26.0 Å². The highest BCUT2D eigenvalue weighted by Crippen LogP contribution is 2.29. The summed E-state index contributed by atoms with van der Waals surface area (Å²) in [5, 5.41) is 0. The van der Waals surface area contributed by atoms with Crippen molar-refractivity contribution < 1.29 is 9.18 Å². The molecule has 0 saturated carbocycles. The number of aryl methyl sites for hydroxylation is 1. The van der Waals surface area contributed by atoms with Crippen molar-refractivity contribution in [1.82, 2.24) is 9.47 Å². The first-order valence-corrected chi connectivity index (χ1v) is 7.01. The first-order chi connectivity index (χ1) is 9.99. The minimum Gasteiger partial charge on any atom is -0.399 e. The van der Waals surface area contributed by atoms with Gasteiger partial charge in [0.25, 0.3) is 5.91 Å². The number of hydrogen-bond donors (Lipinski definition) is 1. The quantitative estimate of drug-likeness (QED) is 0.820. The average Bonchev–Trinajstić information content (AvgIpc) is 2.81. The Morgan fingerprint density at radius 2 is 2.05 bits per heavy atom. The van der Waals surface area contributed by atoms with E-state index < -0.39 is 5.82 Å². The number of hydrogen-bond acceptors (Lipinski definition) is 2. The zero-order chi connectivity index (χ0) is 15.1. The van der Waals surface area contributed by atoms with Gasteiger partial charge in [0, 0.05) is 30.2 Å². The van der Waals surface area contributed by atoms with Gasteiger partial charge in [0.2, 0.25) is 0 Å². The Balaban J connectivity index is 1.93. The third-order valence-electron chi connectivity index (χ3n) is 4.18. The van der Waals surface area contributed by atoms with E-state index in [0.717, 1.165) is 12.2 Å². The zero-order valence-corrected chi connectivity index (χ0v) is 12.1. The van der Waals surface area contributed by atoms with Crippen LogP contribution in [0.1, 0.15) is 34.7 Å². The normalized spacial score (nSPS) is 17.7.